The number of ketones is 1. The molecule has 0 amide bonds. The molecule has 2 aromatic carbocycles. The van der Waals surface area contributed by atoms with E-state index >= 15 is 0 Å². The molecule has 0 N–H and O–H groups in total. The molecule has 18 heavy (non-hydrogen) atoms. The van der Waals surface area contributed by atoms with E-state index in [1.807, 2.05) is 0 Å². The highest BCUT2D eigenvalue weighted by atomic mass is 19.1. The normalized spacial score (nSPS) is 10.4. The molecular weight excluding hydrogens is 234 g/mol. The maximum absolute atomic E-state index is 13.9. The van der Waals surface area contributed by atoms with E-state index in [1.54, 1.807) is 26.0 Å². The van der Waals surface area contributed by atoms with Crippen LogP contribution in [0.15, 0.2) is 36.4 Å². The van der Waals surface area contributed by atoms with E-state index in [0.29, 0.717) is 11.1 Å². The summed E-state index contributed by atoms with van der Waals surface area (Å²) in [5, 5.41) is 0. The molecule has 0 bridgehead atoms. The summed E-state index contributed by atoms with van der Waals surface area (Å²) in [5.74, 6) is -1.55. The van der Waals surface area contributed by atoms with Gasteiger partial charge in [-0.3, -0.25) is 4.79 Å². The lowest BCUT2D eigenvalue weighted by Gasteiger charge is -2.07. The molecule has 0 fully saturated rings. The minimum Gasteiger partial charge on any atom is -0.288 e. The van der Waals surface area contributed by atoms with Crippen molar-refractivity contribution in [2.75, 3.05) is 0 Å². The highest BCUT2D eigenvalue weighted by Gasteiger charge is 2.17. The van der Waals surface area contributed by atoms with Gasteiger partial charge < -0.3 is 0 Å². The summed E-state index contributed by atoms with van der Waals surface area (Å²) in [7, 11) is 0. The maximum atomic E-state index is 13.9. The fourth-order valence-corrected chi connectivity index (χ4v) is 1.81. The summed E-state index contributed by atoms with van der Waals surface area (Å²) in [4.78, 5) is 12.2. The van der Waals surface area contributed by atoms with Crippen LogP contribution < -0.4 is 0 Å². The molecule has 0 aliphatic heterocycles. The topological polar surface area (TPSA) is 17.1 Å². The fraction of sp³-hybridized carbons (Fsp3) is 0.133. The van der Waals surface area contributed by atoms with Crippen LogP contribution in [0.5, 0.6) is 0 Å². The van der Waals surface area contributed by atoms with Crippen molar-refractivity contribution in [3.63, 3.8) is 0 Å². The molecule has 92 valence electrons. The Labute approximate surface area is 104 Å². The largest absolute Gasteiger partial charge is 0.288 e. The number of hydrogen-bond donors (Lipinski definition) is 0. The van der Waals surface area contributed by atoms with E-state index in [-0.39, 0.29) is 11.1 Å². The molecule has 0 unspecified atom stereocenters. The number of carbonyl (C=O) groups excluding carboxylic acids is 1. The molecule has 2 rings (SSSR count). The maximum Gasteiger partial charge on any atom is 0.196 e. The van der Waals surface area contributed by atoms with Crippen molar-refractivity contribution in [1.82, 2.24) is 0 Å². The quantitative estimate of drug-likeness (QED) is 0.736. The summed E-state index contributed by atoms with van der Waals surface area (Å²) in [6.07, 6.45) is 0. The van der Waals surface area contributed by atoms with Crippen molar-refractivity contribution >= 4 is 5.78 Å². The Morgan fingerprint density at radius 2 is 1.67 bits per heavy atom. The van der Waals surface area contributed by atoms with Crippen LogP contribution in [-0.2, 0) is 0 Å². The average molecular weight is 246 g/mol. The molecule has 0 saturated carbocycles. The highest BCUT2D eigenvalue weighted by molar-refractivity contribution is 6.10. The smallest absolute Gasteiger partial charge is 0.196 e. The van der Waals surface area contributed by atoms with E-state index in [9.17, 15) is 13.6 Å². The predicted octanol–water partition coefficient (Wildman–Crippen LogP) is 3.81. The summed E-state index contributed by atoms with van der Waals surface area (Å²) in [6.45, 7) is 3.28. The minimum atomic E-state index is -0.550. The van der Waals surface area contributed by atoms with Gasteiger partial charge in [-0.2, -0.15) is 0 Å². The Kier molecular flexibility index (Phi) is 3.24. The lowest BCUT2D eigenvalue weighted by molar-refractivity contribution is 0.103. The van der Waals surface area contributed by atoms with Crippen LogP contribution in [0.1, 0.15) is 27.0 Å². The van der Waals surface area contributed by atoms with Gasteiger partial charge in [-0.1, -0.05) is 18.2 Å². The van der Waals surface area contributed by atoms with Crippen molar-refractivity contribution < 1.29 is 13.6 Å². The number of benzene rings is 2. The molecule has 1 nitrogen and oxygen atoms in total. The monoisotopic (exact) mass is 246 g/mol. The van der Waals surface area contributed by atoms with E-state index in [2.05, 4.69) is 0 Å². The zero-order chi connectivity index (χ0) is 13.3. The van der Waals surface area contributed by atoms with Gasteiger partial charge in [0, 0.05) is 5.56 Å². The van der Waals surface area contributed by atoms with Crippen molar-refractivity contribution in [3.8, 4) is 0 Å². The summed E-state index contributed by atoms with van der Waals surface area (Å²) >= 11 is 0. The number of halogens is 2. The first-order chi connectivity index (χ1) is 8.50. The van der Waals surface area contributed by atoms with Crippen LogP contribution in [0.3, 0.4) is 0 Å². The SMILES string of the molecule is Cc1ccc(F)cc1C(=O)c1cccc(C)c1F. The van der Waals surface area contributed by atoms with Crippen LogP contribution in [0, 0.1) is 25.5 Å². The highest BCUT2D eigenvalue weighted by Crippen LogP contribution is 2.19. The zero-order valence-electron chi connectivity index (χ0n) is 10.1. The minimum absolute atomic E-state index is 0.0244. The molecule has 0 aliphatic carbocycles. The van der Waals surface area contributed by atoms with E-state index in [4.69, 9.17) is 0 Å². The lowest BCUT2D eigenvalue weighted by Crippen LogP contribution is -2.07. The molecule has 0 atom stereocenters. The molecule has 0 aliphatic rings. The molecule has 3 heteroatoms. The zero-order valence-corrected chi connectivity index (χ0v) is 10.1. The summed E-state index contributed by atoms with van der Waals surface area (Å²) < 4.78 is 27.0. The number of rotatable bonds is 2. The van der Waals surface area contributed by atoms with Crippen LogP contribution in [0.4, 0.5) is 8.78 Å². The molecular formula is C15H12F2O. The second kappa shape index (κ2) is 4.69. The first-order valence-electron chi connectivity index (χ1n) is 5.56. The molecule has 0 aromatic heterocycles. The Hall–Kier alpha value is -2.03. The Balaban J connectivity index is 2.55. The molecule has 0 saturated heterocycles. The number of aryl methyl sites for hydroxylation is 2. The molecule has 0 spiro atoms. The van der Waals surface area contributed by atoms with Crippen molar-refractivity contribution in [1.29, 1.82) is 0 Å². The van der Waals surface area contributed by atoms with Crippen LogP contribution in [0.2, 0.25) is 0 Å². The molecule has 0 radical (unpaired) electrons. The number of hydrogen-bond acceptors (Lipinski definition) is 1. The van der Waals surface area contributed by atoms with Gasteiger partial charge in [-0.05, 0) is 43.2 Å². The van der Waals surface area contributed by atoms with Gasteiger partial charge in [-0.15, -0.1) is 0 Å². The average Bonchev–Trinajstić information content (AvgIpc) is 2.35. The van der Waals surface area contributed by atoms with Crippen LogP contribution >= 0.6 is 0 Å². The van der Waals surface area contributed by atoms with Crippen molar-refractivity contribution in [2.45, 2.75) is 13.8 Å². The third-order valence-corrected chi connectivity index (χ3v) is 2.88. The van der Waals surface area contributed by atoms with Gasteiger partial charge in [0.2, 0.25) is 0 Å². The van der Waals surface area contributed by atoms with Gasteiger partial charge in [0.15, 0.2) is 5.78 Å². The Morgan fingerprint density at radius 3 is 2.39 bits per heavy atom. The number of carbonyl (C=O) groups is 1. The van der Waals surface area contributed by atoms with Crippen molar-refractivity contribution in [3.05, 3.63) is 70.3 Å². The lowest BCUT2D eigenvalue weighted by atomic mass is 9.97. The van der Waals surface area contributed by atoms with Crippen molar-refractivity contribution in [2.24, 2.45) is 0 Å². The van der Waals surface area contributed by atoms with Gasteiger partial charge in [0.05, 0.1) is 5.56 Å². The predicted molar refractivity (Wildman–Crippen MR) is 65.7 cm³/mol. The first kappa shape index (κ1) is 12.4. The van der Waals surface area contributed by atoms with Gasteiger partial charge in [-0.25, -0.2) is 8.78 Å². The molecule has 2 aromatic rings. The summed E-state index contributed by atoms with van der Waals surface area (Å²) in [5.41, 5.74) is 1.19. The third kappa shape index (κ3) is 2.16. The van der Waals surface area contributed by atoms with E-state index in [0.717, 1.165) is 6.07 Å². The van der Waals surface area contributed by atoms with Crippen LogP contribution in [0.25, 0.3) is 0 Å². The first-order valence-corrected chi connectivity index (χ1v) is 5.56. The van der Waals surface area contributed by atoms with Crippen LogP contribution in [-0.4, -0.2) is 5.78 Å². The fourth-order valence-electron chi connectivity index (χ4n) is 1.81. The van der Waals surface area contributed by atoms with Gasteiger partial charge >= 0.3 is 0 Å². The molecule has 0 heterocycles. The van der Waals surface area contributed by atoms with E-state index in [1.165, 1.54) is 18.2 Å². The van der Waals surface area contributed by atoms with Gasteiger partial charge in [0.25, 0.3) is 0 Å². The standard InChI is InChI=1S/C15H12F2O/c1-9-6-7-11(16)8-13(9)15(18)12-5-3-4-10(2)14(12)17/h3-8H,1-2H3. The second-order valence-electron chi connectivity index (χ2n) is 4.22. The third-order valence-electron chi connectivity index (χ3n) is 2.88. The second-order valence-corrected chi connectivity index (χ2v) is 4.22. The van der Waals surface area contributed by atoms with E-state index < -0.39 is 17.4 Å². The Bertz CT molecular complexity index is 614. The van der Waals surface area contributed by atoms with Gasteiger partial charge in [0.1, 0.15) is 11.6 Å². The Morgan fingerprint density at radius 1 is 0.944 bits per heavy atom. The summed E-state index contributed by atoms with van der Waals surface area (Å²) in [6, 6.07) is 8.54.